The summed E-state index contributed by atoms with van der Waals surface area (Å²) < 4.78 is 0. The molecule has 0 saturated heterocycles. The van der Waals surface area contributed by atoms with Gasteiger partial charge in [0, 0.05) is 4.90 Å². The van der Waals surface area contributed by atoms with Crippen LogP contribution in [0.25, 0.3) is 6.08 Å². The molecule has 0 unspecified atom stereocenters. The summed E-state index contributed by atoms with van der Waals surface area (Å²) in [6.45, 7) is 9.04. The van der Waals surface area contributed by atoms with Crippen molar-refractivity contribution in [3.05, 3.63) is 71.4 Å². The molecular weight excluding hydrogens is 320 g/mol. The zero-order valence-electron chi connectivity index (χ0n) is 16.2. The van der Waals surface area contributed by atoms with Crippen LogP contribution in [0.3, 0.4) is 0 Å². The maximum atomic E-state index is 2.36. The number of hydrogen-bond acceptors (Lipinski definition) is 1. The van der Waals surface area contributed by atoms with E-state index in [1.165, 1.54) is 40.2 Å². The van der Waals surface area contributed by atoms with Gasteiger partial charge in [0.05, 0.1) is 0 Å². The van der Waals surface area contributed by atoms with E-state index in [0.29, 0.717) is 5.41 Å². The molecule has 1 aliphatic carbocycles. The highest BCUT2D eigenvalue weighted by molar-refractivity contribution is 7.99. The molecule has 134 valence electrons. The molecule has 0 N–H and O–H groups in total. The van der Waals surface area contributed by atoms with Gasteiger partial charge in [0.1, 0.15) is 0 Å². The van der Waals surface area contributed by atoms with E-state index in [9.17, 15) is 0 Å². The van der Waals surface area contributed by atoms with E-state index >= 15 is 0 Å². The molecule has 0 radical (unpaired) electrons. The van der Waals surface area contributed by atoms with Gasteiger partial charge in [-0.1, -0.05) is 75.8 Å². The average Bonchev–Trinajstić information content (AvgIpc) is 2.58. The minimum atomic E-state index is 0.335. The Hall–Kier alpha value is -1.47. The van der Waals surface area contributed by atoms with Gasteiger partial charge in [0.25, 0.3) is 0 Å². The van der Waals surface area contributed by atoms with Crippen LogP contribution in [-0.2, 0) is 0 Å². The zero-order valence-corrected chi connectivity index (χ0v) is 17.0. The lowest BCUT2D eigenvalue weighted by molar-refractivity contribution is 0.355. The lowest BCUT2D eigenvalue weighted by atomic mass is 9.75. The molecular formula is C24H32S. The van der Waals surface area contributed by atoms with E-state index in [-0.39, 0.29) is 0 Å². The lowest BCUT2D eigenvalue weighted by Gasteiger charge is -2.30. The molecule has 1 aromatic carbocycles. The van der Waals surface area contributed by atoms with E-state index in [4.69, 9.17) is 0 Å². The highest BCUT2D eigenvalue weighted by atomic mass is 32.2. The zero-order chi connectivity index (χ0) is 18.1. The van der Waals surface area contributed by atoms with Crippen LogP contribution in [0.1, 0.15) is 58.9 Å². The van der Waals surface area contributed by atoms with Crippen molar-refractivity contribution in [2.75, 3.05) is 5.75 Å². The minimum Gasteiger partial charge on any atom is -0.126 e. The molecule has 0 nitrogen and oxygen atoms in total. The largest absolute Gasteiger partial charge is 0.126 e. The van der Waals surface area contributed by atoms with Gasteiger partial charge in [-0.3, -0.25) is 0 Å². The van der Waals surface area contributed by atoms with E-state index < -0.39 is 0 Å². The second-order valence-corrected chi connectivity index (χ2v) is 8.78. The van der Waals surface area contributed by atoms with Crippen molar-refractivity contribution in [2.24, 2.45) is 5.41 Å². The summed E-state index contributed by atoms with van der Waals surface area (Å²) in [5.74, 6) is 1.22. The molecule has 1 aromatic rings. The standard InChI is InChI=1S/C24H32S/c1-5-7-9-21-17-22(19-24(3,4)18-21)11-10-20-12-14-23(15-13-20)25-16-8-6-2/h5,7,9-15,17H,6,8,16,18-19H2,1-4H3/b7-5+,11-10+,21-9-. The number of allylic oxidation sites excluding steroid dienone is 7. The van der Waals surface area contributed by atoms with Gasteiger partial charge in [0.15, 0.2) is 0 Å². The summed E-state index contributed by atoms with van der Waals surface area (Å²) in [4.78, 5) is 1.38. The summed E-state index contributed by atoms with van der Waals surface area (Å²) in [7, 11) is 0. The van der Waals surface area contributed by atoms with Gasteiger partial charge in [-0.25, -0.2) is 0 Å². The van der Waals surface area contributed by atoms with Crippen molar-refractivity contribution in [2.45, 2.75) is 58.3 Å². The number of thioether (sulfide) groups is 1. The van der Waals surface area contributed by atoms with Crippen molar-refractivity contribution < 1.29 is 0 Å². The van der Waals surface area contributed by atoms with Crippen molar-refractivity contribution >= 4 is 17.8 Å². The van der Waals surface area contributed by atoms with Crippen molar-refractivity contribution in [3.63, 3.8) is 0 Å². The highest BCUT2D eigenvalue weighted by Crippen LogP contribution is 2.38. The topological polar surface area (TPSA) is 0 Å². The number of hydrogen-bond donors (Lipinski definition) is 0. The van der Waals surface area contributed by atoms with Gasteiger partial charge in [0.2, 0.25) is 0 Å². The fraction of sp³-hybridized carbons (Fsp3) is 0.417. The number of unbranched alkanes of at least 4 members (excludes halogenated alkanes) is 1. The first-order chi connectivity index (χ1) is 12.0. The fourth-order valence-electron chi connectivity index (χ4n) is 3.15. The van der Waals surface area contributed by atoms with Gasteiger partial charge >= 0.3 is 0 Å². The maximum absolute atomic E-state index is 2.36. The summed E-state index contributed by atoms with van der Waals surface area (Å²) in [5, 5.41) is 0. The third kappa shape index (κ3) is 7.12. The third-order valence-electron chi connectivity index (χ3n) is 4.38. The summed E-state index contributed by atoms with van der Waals surface area (Å²) >= 11 is 1.96. The smallest absolute Gasteiger partial charge is 0.00723 e. The van der Waals surface area contributed by atoms with Crippen molar-refractivity contribution in [1.82, 2.24) is 0 Å². The molecule has 0 fully saturated rings. The van der Waals surface area contributed by atoms with E-state index in [0.717, 1.165) is 12.8 Å². The molecule has 0 saturated carbocycles. The number of benzene rings is 1. The first kappa shape index (κ1) is 19.8. The summed E-state index contributed by atoms with van der Waals surface area (Å²) in [6.07, 6.45) is 18.2. The Kier molecular flexibility index (Phi) is 7.84. The lowest BCUT2D eigenvalue weighted by Crippen LogP contribution is -2.16. The summed E-state index contributed by atoms with van der Waals surface area (Å²) in [6, 6.07) is 8.96. The van der Waals surface area contributed by atoms with Crippen LogP contribution in [0.5, 0.6) is 0 Å². The van der Waals surface area contributed by atoms with Crippen molar-refractivity contribution in [3.8, 4) is 0 Å². The third-order valence-corrected chi connectivity index (χ3v) is 5.47. The monoisotopic (exact) mass is 352 g/mol. The Morgan fingerprint density at radius 3 is 2.52 bits per heavy atom. The van der Waals surface area contributed by atoms with Crippen LogP contribution in [0.2, 0.25) is 0 Å². The predicted molar refractivity (Wildman–Crippen MR) is 115 cm³/mol. The molecule has 0 bridgehead atoms. The van der Waals surface area contributed by atoms with E-state index in [1.54, 1.807) is 0 Å². The first-order valence-electron chi connectivity index (χ1n) is 9.46. The van der Waals surface area contributed by atoms with Crippen LogP contribution < -0.4 is 0 Å². The molecule has 0 spiro atoms. The van der Waals surface area contributed by atoms with Gasteiger partial charge in [-0.15, -0.1) is 11.8 Å². The SMILES string of the molecule is C/C=C/C=C1C=C(/C=C/c2ccc(SCCCC)cc2)CC(C)(C)C/1. The van der Waals surface area contributed by atoms with Crippen LogP contribution in [-0.4, -0.2) is 5.75 Å². The van der Waals surface area contributed by atoms with Crippen LogP contribution >= 0.6 is 11.8 Å². The van der Waals surface area contributed by atoms with E-state index in [1.807, 2.05) is 11.8 Å². The number of rotatable bonds is 7. The average molecular weight is 353 g/mol. The molecule has 0 aromatic heterocycles. The van der Waals surface area contributed by atoms with Crippen LogP contribution in [0.15, 0.2) is 70.7 Å². The molecule has 0 heterocycles. The van der Waals surface area contributed by atoms with Crippen LogP contribution in [0, 0.1) is 5.41 Å². The van der Waals surface area contributed by atoms with Crippen LogP contribution in [0.4, 0.5) is 0 Å². The Morgan fingerprint density at radius 1 is 1.08 bits per heavy atom. The second-order valence-electron chi connectivity index (χ2n) is 7.61. The quantitative estimate of drug-likeness (QED) is 0.356. The van der Waals surface area contributed by atoms with Gasteiger partial charge in [-0.2, -0.15) is 0 Å². The van der Waals surface area contributed by atoms with E-state index in [2.05, 4.69) is 88.4 Å². The maximum Gasteiger partial charge on any atom is 0.00723 e. The van der Waals surface area contributed by atoms with Crippen molar-refractivity contribution in [1.29, 1.82) is 0 Å². The fourth-order valence-corrected chi connectivity index (χ4v) is 4.15. The Balaban J connectivity index is 2.05. The molecule has 0 aliphatic heterocycles. The second kappa shape index (κ2) is 9.87. The molecule has 0 atom stereocenters. The van der Waals surface area contributed by atoms with Gasteiger partial charge in [-0.05, 0) is 66.2 Å². The highest BCUT2D eigenvalue weighted by Gasteiger charge is 2.24. The molecule has 0 amide bonds. The Labute approximate surface area is 158 Å². The predicted octanol–water partition coefficient (Wildman–Crippen LogP) is 7.84. The molecule has 25 heavy (non-hydrogen) atoms. The molecule has 1 heteroatoms. The molecule has 1 aliphatic rings. The molecule has 2 rings (SSSR count). The Morgan fingerprint density at radius 2 is 1.84 bits per heavy atom. The Bertz CT molecular complexity index is 654. The minimum absolute atomic E-state index is 0.335. The summed E-state index contributed by atoms with van der Waals surface area (Å²) in [5.41, 5.74) is 4.47. The normalized spacial score (nSPS) is 19.0. The first-order valence-corrected chi connectivity index (χ1v) is 10.4. The van der Waals surface area contributed by atoms with Gasteiger partial charge < -0.3 is 0 Å².